The minimum atomic E-state index is -0.383. The van der Waals surface area contributed by atoms with Crippen molar-refractivity contribution >= 4 is 11.8 Å². The number of hydrogen-bond acceptors (Lipinski definition) is 3. The van der Waals surface area contributed by atoms with Gasteiger partial charge in [-0.25, -0.2) is 0 Å². The number of thioether (sulfide) groups is 1. The van der Waals surface area contributed by atoms with Crippen LogP contribution in [0.15, 0.2) is 0 Å². The summed E-state index contributed by atoms with van der Waals surface area (Å²) < 4.78 is 0. The van der Waals surface area contributed by atoms with E-state index < -0.39 is 0 Å². The fourth-order valence-electron chi connectivity index (χ4n) is 1.07. The zero-order valence-corrected chi connectivity index (χ0v) is 9.52. The molecule has 0 saturated carbocycles. The minimum absolute atomic E-state index is 0.383. The average molecular weight is 206 g/mol. The number of hydrogen-bond donors (Lipinski definition) is 2. The van der Waals surface area contributed by atoms with E-state index in [0.29, 0.717) is 0 Å². The Morgan fingerprint density at radius 1 is 0.923 bits per heavy atom. The number of aliphatic hydroxyl groups excluding tert-OH is 2. The molecule has 2 atom stereocenters. The van der Waals surface area contributed by atoms with Crippen molar-refractivity contribution in [3.63, 3.8) is 0 Å². The van der Waals surface area contributed by atoms with Crippen LogP contribution in [0.25, 0.3) is 0 Å². The molecule has 0 radical (unpaired) electrons. The Morgan fingerprint density at radius 3 is 1.62 bits per heavy atom. The van der Waals surface area contributed by atoms with Crippen LogP contribution in [-0.4, -0.2) is 21.1 Å². The van der Waals surface area contributed by atoms with Gasteiger partial charge in [0.1, 0.15) is 10.9 Å². The van der Waals surface area contributed by atoms with E-state index in [2.05, 4.69) is 13.8 Å². The summed E-state index contributed by atoms with van der Waals surface area (Å²) in [7, 11) is 0. The van der Waals surface area contributed by atoms with Crippen LogP contribution in [0.3, 0.4) is 0 Å². The van der Waals surface area contributed by atoms with Crippen LogP contribution < -0.4 is 0 Å². The molecule has 0 aliphatic carbocycles. The van der Waals surface area contributed by atoms with E-state index in [1.807, 2.05) is 0 Å². The van der Waals surface area contributed by atoms with Gasteiger partial charge in [0, 0.05) is 0 Å². The first-order chi connectivity index (χ1) is 6.20. The predicted molar refractivity (Wildman–Crippen MR) is 58.7 cm³/mol. The molecule has 3 heteroatoms. The molecule has 0 fully saturated rings. The van der Waals surface area contributed by atoms with E-state index in [1.165, 1.54) is 11.8 Å². The number of unbranched alkanes of at least 4 members (excludes halogenated alkanes) is 2. The van der Waals surface area contributed by atoms with Crippen molar-refractivity contribution < 1.29 is 10.2 Å². The number of rotatable bonds is 8. The minimum Gasteiger partial charge on any atom is -0.382 e. The van der Waals surface area contributed by atoms with Crippen LogP contribution in [0.2, 0.25) is 0 Å². The number of aliphatic hydroxyl groups is 2. The zero-order valence-electron chi connectivity index (χ0n) is 8.70. The molecule has 0 saturated heterocycles. The average Bonchev–Trinajstić information content (AvgIpc) is 2.11. The maximum Gasteiger partial charge on any atom is 0.102 e. The van der Waals surface area contributed by atoms with E-state index in [9.17, 15) is 10.2 Å². The quantitative estimate of drug-likeness (QED) is 0.600. The highest BCUT2D eigenvalue weighted by atomic mass is 32.2. The van der Waals surface area contributed by atoms with E-state index in [0.717, 1.165) is 38.5 Å². The van der Waals surface area contributed by atoms with Crippen molar-refractivity contribution in [2.45, 2.75) is 63.2 Å². The molecule has 0 spiro atoms. The summed E-state index contributed by atoms with van der Waals surface area (Å²) in [6.07, 6.45) is 5.86. The molecule has 0 aliphatic heterocycles. The Bertz CT molecular complexity index is 97.1. The standard InChI is InChI=1S/C10H22O2S/c1-3-5-7-9(11)13-10(12)8-6-4-2/h9-12H,3-8H2,1-2H3. The molecule has 0 amide bonds. The summed E-state index contributed by atoms with van der Waals surface area (Å²) >= 11 is 1.29. The van der Waals surface area contributed by atoms with Crippen LogP contribution in [-0.2, 0) is 0 Å². The molecule has 0 aliphatic rings. The Kier molecular flexibility index (Phi) is 9.03. The highest BCUT2D eigenvalue weighted by Crippen LogP contribution is 2.22. The normalized spacial score (nSPS) is 15.7. The van der Waals surface area contributed by atoms with Crippen molar-refractivity contribution in [1.82, 2.24) is 0 Å². The second-order valence-electron chi connectivity index (χ2n) is 3.33. The van der Waals surface area contributed by atoms with E-state index in [-0.39, 0.29) is 10.9 Å². The van der Waals surface area contributed by atoms with Crippen LogP contribution in [0.4, 0.5) is 0 Å². The van der Waals surface area contributed by atoms with Gasteiger partial charge in [-0.3, -0.25) is 0 Å². The van der Waals surface area contributed by atoms with E-state index in [1.54, 1.807) is 0 Å². The largest absolute Gasteiger partial charge is 0.382 e. The molecular weight excluding hydrogens is 184 g/mol. The van der Waals surface area contributed by atoms with Gasteiger partial charge in [0.05, 0.1) is 0 Å². The third-order valence-corrected chi connectivity index (χ3v) is 3.02. The predicted octanol–water partition coefficient (Wildman–Crippen LogP) is 2.74. The Morgan fingerprint density at radius 2 is 1.31 bits per heavy atom. The second kappa shape index (κ2) is 8.85. The first kappa shape index (κ1) is 13.3. The molecule has 80 valence electrons. The van der Waals surface area contributed by atoms with Gasteiger partial charge in [0.2, 0.25) is 0 Å². The molecule has 0 aromatic rings. The molecule has 0 aromatic carbocycles. The van der Waals surface area contributed by atoms with Crippen LogP contribution in [0.1, 0.15) is 52.4 Å². The molecule has 2 N–H and O–H groups in total. The SMILES string of the molecule is CCCCC(O)SC(O)CCCC. The van der Waals surface area contributed by atoms with Crippen molar-refractivity contribution in [2.75, 3.05) is 0 Å². The summed E-state index contributed by atoms with van der Waals surface area (Å²) in [4.78, 5) is 0. The highest BCUT2D eigenvalue weighted by molar-refractivity contribution is 8.00. The lowest BCUT2D eigenvalue weighted by molar-refractivity contribution is 0.220. The van der Waals surface area contributed by atoms with Gasteiger partial charge in [0.15, 0.2) is 0 Å². The maximum atomic E-state index is 9.45. The molecule has 0 aromatic heterocycles. The van der Waals surface area contributed by atoms with Crippen molar-refractivity contribution in [1.29, 1.82) is 0 Å². The Hall–Kier alpha value is 0.270. The fourth-order valence-corrected chi connectivity index (χ4v) is 2.04. The highest BCUT2D eigenvalue weighted by Gasteiger charge is 2.10. The van der Waals surface area contributed by atoms with Gasteiger partial charge in [-0.05, 0) is 12.8 Å². The smallest absolute Gasteiger partial charge is 0.102 e. The summed E-state index contributed by atoms with van der Waals surface area (Å²) in [5.74, 6) is 0. The van der Waals surface area contributed by atoms with Crippen LogP contribution in [0.5, 0.6) is 0 Å². The fraction of sp³-hybridized carbons (Fsp3) is 1.00. The van der Waals surface area contributed by atoms with Gasteiger partial charge >= 0.3 is 0 Å². The molecular formula is C10H22O2S. The summed E-state index contributed by atoms with van der Waals surface area (Å²) in [6, 6.07) is 0. The lowest BCUT2D eigenvalue weighted by Gasteiger charge is -2.14. The molecule has 0 heterocycles. The van der Waals surface area contributed by atoms with Crippen molar-refractivity contribution in [3.05, 3.63) is 0 Å². The Labute approximate surface area is 85.7 Å². The third-order valence-electron chi connectivity index (χ3n) is 1.92. The third kappa shape index (κ3) is 8.60. The molecule has 0 rings (SSSR count). The van der Waals surface area contributed by atoms with Gasteiger partial charge < -0.3 is 10.2 Å². The lowest BCUT2D eigenvalue weighted by atomic mass is 10.3. The van der Waals surface area contributed by atoms with Gasteiger partial charge in [-0.15, -0.1) is 0 Å². The Balaban J connectivity index is 3.35. The van der Waals surface area contributed by atoms with Gasteiger partial charge in [-0.2, -0.15) is 0 Å². The van der Waals surface area contributed by atoms with Gasteiger partial charge in [-0.1, -0.05) is 51.3 Å². The van der Waals surface area contributed by atoms with E-state index in [4.69, 9.17) is 0 Å². The van der Waals surface area contributed by atoms with Crippen LogP contribution >= 0.6 is 11.8 Å². The van der Waals surface area contributed by atoms with Gasteiger partial charge in [0.25, 0.3) is 0 Å². The molecule has 2 unspecified atom stereocenters. The van der Waals surface area contributed by atoms with Crippen LogP contribution in [0, 0.1) is 0 Å². The van der Waals surface area contributed by atoms with E-state index >= 15 is 0 Å². The molecule has 13 heavy (non-hydrogen) atoms. The monoisotopic (exact) mass is 206 g/mol. The first-order valence-electron chi connectivity index (χ1n) is 5.22. The zero-order chi connectivity index (χ0) is 10.1. The second-order valence-corrected chi connectivity index (χ2v) is 4.69. The lowest BCUT2D eigenvalue weighted by Crippen LogP contribution is -2.09. The summed E-state index contributed by atoms with van der Waals surface area (Å²) in [5.41, 5.74) is -0.765. The summed E-state index contributed by atoms with van der Waals surface area (Å²) in [6.45, 7) is 4.20. The van der Waals surface area contributed by atoms with Crippen molar-refractivity contribution in [3.8, 4) is 0 Å². The molecule has 2 nitrogen and oxygen atoms in total. The van der Waals surface area contributed by atoms with Crippen molar-refractivity contribution in [2.24, 2.45) is 0 Å². The maximum absolute atomic E-state index is 9.45. The topological polar surface area (TPSA) is 40.5 Å². The first-order valence-corrected chi connectivity index (χ1v) is 6.16. The summed E-state index contributed by atoms with van der Waals surface area (Å²) in [5, 5.41) is 18.9. The molecule has 0 bridgehead atoms.